The van der Waals surface area contributed by atoms with Crippen molar-refractivity contribution >= 4 is 5.91 Å². The Hall–Kier alpha value is -3.03. The molecule has 1 N–H and O–H groups in total. The van der Waals surface area contributed by atoms with Crippen LogP contribution in [0.1, 0.15) is 23.5 Å². The Bertz CT molecular complexity index is 963. The molecule has 3 rings (SSSR count). The Morgan fingerprint density at radius 1 is 1.26 bits per heavy atom. The first kappa shape index (κ1) is 18.8. The van der Waals surface area contributed by atoms with Crippen LogP contribution in [0.4, 0.5) is 0 Å². The average Bonchev–Trinajstić information content (AvgIpc) is 3.18. The van der Waals surface area contributed by atoms with Gasteiger partial charge >= 0.3 is 5.69 Å². The number of hydrogen-bond acceptors (Lipinski definition) is 5. The molecule has 1 aromatic carbocycles. The molecule has 1 amide bonds. The van der Waals surface area contributed by atoms with Crippen molar-refractivity contribution in [1.82, 2.24) is 14.5 Å². The highest BCUT2D eigenvalue weighted by atomic mass is 16.5. The molecule has 0 unspecified atom stereocenters. The molecule has 1 saturated heterocycles. The molecule has 8 nitrogen and oxygen atoms in total. The van der Waals surface area contributed by atoms with E-state index in [0.29, 0.717) is 13.1 Å². The van der Waals surface area contributed by atoms with Crippen LogP contribution in [0, 0.1) is 0 Å². The molecule has 0 aliphatic carbocycles. The summed E-state index contributed by atoms with van der Waals surface area (Å²) in [5, 5.41) is 0. The maximum absolute atomic E-state index is 12.6. The number of ether oxygens (including phenoxy) is 2. The van der Waals surface area contributed by atoms with Gasteiger partial charge in [0.05, 0.1) is 20.6 Å². The second-order valence-electron chi connectivity index (χ2n) is 6.59. The van der Waals surface area contributed by atoms with Gasteiger partial charge in [-0.25, -0.2) is 4.79 Å². The van der Waals surface area contributed by atoms with Crippen LogP contribution < -0.4 is 20.7 Å². The van der Waals surface area contributed by atoms with E-state index in [2.05, 4.69) is 4.98 Å². The van der Waals surface area contributed by atoms with Gasteiger partial charge in [0, 0.05) is 43.4 Å². The third-order valence-corrected chi connectivity index (χ3v) is 5.01. The number of methoxy groups -OCH3 is 2. The van der Waals surface area contributed by atoms with E-state index in [1.807, 2.05) is 18.2 Å². The predicted molar refractivity (Wildman–Crippen MR) is 99.5 cm³/mol. The Kier molecular flexibility index (Phi) is 5.34. The molecule has 0 saturated carbocycles. The molecule has 0 radical (unpaired) electrons. The molecule has 1 fully saturated rings. The van der Waals surface area contributed by atoms with E-state index >= 15 is 0 Å². The van der Waals surface area contributed by atoms with E-state index in [9.17, 15) is 14.4 Å². The van der Waals surface area contributed by atoms with Gasteiger partial charge in [-0.15, -0.1) is 0 Å². The summed E-state index contributed by atoms with van der Waals surface area (Å²) in [5.41, 5.74) is 0.344. The van der Waals surface area contributed by atoms with E-state index < -0.39 is 11.2 Å². The minimum absolute atomic E-state index is 0.0363. The van der Waals surface area contributed by atoms with E-state index in [1.165, 1.54) is 13.2 Å². The summed E-state index contributed by atoms with van der Waals surface area (Å²) in [6.07, 6.45) is 2.09. The lowest BCUT2D eigenvalue weighted by atomic mass is 9.97. The number of nitrogens with zero attached hydrogens (tertiary/aromatic N) is 2. The van der Waals surface area contributed by atoms with Crippen molar-refractivity contribution in [3.8, 4) is 11.5 Å². The van der Waals surface area contributed by atoms with Crippen LogP contribution in [0.2, 0.25) is 0 Å². The van der Waals surface area contributed by atoms with Crippen molar-refractivity contribution in [1.29, 1.82) is 0 Å². The zero-order valence-corrected chi connectivity index (χ0v) is 15.7. The van der Waals surface area contributed by atoms with Gasteiger partial charge in [0.2, 0.25) is 5.91 Å². The third-order valence-electron chi connectivity index (χ3n) is 5.01. The molecule has 0 spiro atoms. The van der Waals surface area contributed by atoms with Gasteiger partial charge in [-0.3, -0.25) is 14.2 Å². The van der Waals surface area contributed by atoms with E-state index in [1.54, 1.807) is 19.1 Å². The van der Waals surface area contributed by atoms with Gasteiger partial charge in [-0.05, 0) is 24.6 Å². The van der Waals surface area contributed by atoms with Crippen molar-refractivity contribution in [3.05, 3.63) is 56.4 Å². The Balaban J connectivity index is 1.75. The topological polar surface area (TPSA) is 93.6 Å². The van der Waals surface area contributed by atoms with Gasteiger partial charge in [-0.1, -0.05) is 0 Å². The maximum Gasteiger partial charge on any atom is 0.328 e. The first-order valence-electron chi connectivity index (χ1n) is 8.72. The van der Waals surface area contributed by atoms with Crippen molar-refractivity contribution in [2.75, 3.05) is 27.3 Å². The van der Waals surface area contributed by atoms with Crippen LogP contribution in [0.25, 0.3) is 0 Å². The van der Waals surface area contributed by atoms with Crippen molar-refractivity contribution < 1.29 is 14.3 Å². The predicted octanol–water partition coefficient (Wildman–Crippen LogP) is 0.649. The lowest BCUT2D eigenvalue weighted by Crippen LogP contribution is -2.37. The molecular weight excluding hydrogens is 350 g/mol. The number of aromatic amines is 1. The van der Waals surface area contributed by atoms with Crippen molar-refractivity contribution in [2.24, 2.45) is 7.05 Å². The van der Waals surface area contributed by atoms with Crippen LogP contribution in [0.3, 0.4) is 0 Å². The van der Waals surface area contributed by atoms with Crippen molar-refractivity contribution in [2.45, 2.75) is 18.8 Å². The van der Waals surface area contributed by atoms with E-state index in [4.69, 9.17) is 9.47 Å². The molecule has 2 heterocycles. The largest absolute Gasteiger partial charge is 0.497 e. The fourth-order valence-corrected chi connectivity index (χ4v) is 3.42. The van der Waals surface area contributed by atoms with E-state index in [-0.39, 0.29) is 23.8 Å². The third kappa shape index (κ3) is 3.74. The van der Waals surface area contributed by atoms with Gasteiger partial charge in [0.1, 0.15) is 11.5 Å². The summed E-state index contributed by atoms with van der Waals surface area (Å²) >= 11 is 0. The standard InChI is InChI=1S/C19H23N3O5/c1-21-18(24)13(10-20-19(21)25)8-17(23)22-7-6-12(11-22)15-9-14(26-2)4-5-16(15)27-3/h4-5,9-10,12H,6-8,11H2,1-3H3,(H,20,25)/t12-/m0/s1. The second kappa shape index (κ2) is 7.69. The number of carbonyl (C=O) groups is 1. The molecule has 1 aliphatic rings. The van der Waals surface area contributed by atoms with Crippen LogP contribution in [0.15, 0.2) is 34.0 Å². The minimum atomic E-state index is -0.498. The molecule has 2 aromatic rings. The summed E-state index contributed by atoms with van der Waals surface area (Å²) in [6.45, 7) is 1.15. The molecular formula is C19H23N3O5. The summed E-state index contributed by atoms with van der Waals surface area (Å²) in [7, 11) is 4.62. The highest BCUT2D eigenvalue weighted by molar-refractivity contribution is 5.79. The number of hydrogen-bond donors (Lipinski definition) is 1. The number of nitrogens with one attached hydrogen (secondary N) is 1. The number of carbonyl (C=O) groups excluding carboxylic acids is 1. The van der Waals surface area contributed by atoms with Crippen LogP contribution in [0.5, 0.6) is 11.5 Å². The summed E-state index contributed by atoms with van der Waals surface area (Å²) in [6, 6.07) is 5.64. The lowest BCUT2D eigenvalue weighted by Gasteiger charge is -2.18. The fraction of sp³-hybridized carbons (Fsp3) is 0.421. The van der Waals surface area contributed by atoms with E-state index in [0.717, 1.165) is 28.1 Å². The monoisotopic (exact) mass is 373 g/mol. The SMILES string of the molecule is COc1ccc(OC)c([C@H]2CCN(C(=O)Cc3c[nH]c(=O)n(C)c3=O)C2)c1. The molecule has 1 aliphatic heterocycles. The number of benzene rings is 1. The summed E-state index contributed by atoms with van der Waals surface area (Å²) < 4.78 is 11.7. The molecule has 8 heteroatoms. The van der Waals surface area contributed by atoms with Gasteiger partial charge in [0.15, 0.2) is 0 Å². The molecule has 1 aromatic heterocycles. The lowest BCUT2D eigenvalue weighted by molar-refractivity contribution is -0.129. The molecule has 1 atom stereocenters. The average molecular weight is 373 g/mol. The van der Waals surface area contributed by atoms with Crippen LogP contribution in [-0.2, 0) is 18.3 Å². The quantitative estimate of drug-likeness (QED) is 0.831. The highest BCUT2D eigenvalue weighted by Gasteiger charge is 2.29. The fourth-order valence-electron chi connectivity index (χ4n) is 3.42. The molecule has 27 heavy (non-hydrogen) atoms. The summed E-state index contributed by atoms with van der Waals surface area (Å²) in [4.78, 5) is 40.4. The minimum Gasteiger partial charge on any atom is -0.497 e. The van der Waals surface area contributed by atoms with Gasteiger partial charge in [-0.2, -0.15) is 0 Å². The van der Waals surface area contributed by atoms with Crippen LogP contribution >= 0.6 is 0 Å². The number of aromatic nitrogens is 2. The number of likely N-dealkylation sites (tertiary alicyclic amines) is 1. The van der Waals surface area contributed by atoms with Crippen molar-refractivity contribution in [3.63, 3.8) is 0 Å². The number of rotatable bonds is 5. The molecule has 144 valence electrons. The summed E-state index contributed by atoms with van der Waals surface area (Å²) in [5.74, 6) is 1.51. The normalized spacial score (nSPS) is 16.4. The first-order chi connectivity index (χ1) is 12.9. The highest BCUT2D eigenvalue weighted by Crippen LogP contribution is 2.36. The second-order valence-corrected chi connectivity index (χ2v) is 6.59. The zero-order valence-electron chi connectivity index (χ0n) is 15.7. The Labute approximate surface area is 156 Å². The molecule has 0 bridgehead atoms. The van der Waals surface area contributed by atoms with Gasteiger partial charge < -0.3 is 19.4 Å². The Morgan fingerprint density at radius 2 is 2.04 bits per heavy atom. The van der Waals surface area contributed by atoms with Crippen LogP contribution in [-0.4, -0.2) is 47.7 Å². The number of amides is 1. The maximum atomic E-state index is 12.6. The smallest absolute Gasteiger partial charge is 0.328 e. The Morgan fingerprint density at radius 3 is 2.74 bits per heavy atom. The number of H-pyrrole nitrogens is 1. The van der Waals surface area contributed by atoms with Gasteiger partial charge in [0.25, 0.3) is 5.56 Å². The zero-order chi connectivity index (χ0) is 19.6. The first-order valence-corrected chi connectivity index (χ1v) is 8.72.